The first-order chi connectivity index (χ1) is 68.6. The second-order valence-corrected chi connectivity index (χ2v) is 36.6. The molecule has 14 atom stereocenters. The number of unbranched alkanes of at least 4 members (excludes halogenated alkanes) is 1. The van der Waals surface area contributed by atoms with Crippen LogP contribution in [0, 0.1) is 0 Å². The number of urea groups is 3. The Kier molecular flexibility index (Phi) is 50.8. The number of hydrogen-bond acceptors (Lipinski definition) is 27. The minimum absolute atomic E-state index is 0.0172. The monoisotopic (exact) mass is 2050 g/mol. The maximum absolute atomic E-state index is 16.0. The molecule has 0 radical (unpaired) electrons. The summed E-state index contributed by atoms with van der Waals surface area (Å²) >= 11 is 0. The molecule has 0 bridgehead atoms. The molecule has 0 spiro atoms. The smallest absolute Gasteiger partial charge is 0.326 e. The Morgan fingerprint density at radius 1 is 0.424 bits per heavy atom. The van der Waals surface area contributed by atoms with Gasteiger partial charge in [-0.2, -0.15) is 0 Å². The number of nitrogens with two attached hydrogens (primary N) is 13. The molecule has 2 saturated heterocycles. The van der Waals surface area contributed by atoms with Crippen LogP contribution in [-0.4, -0.2) is 294 Å². The zero-order valence-corrected chi connectivity index (χ0v) is 81.3. The van der Waals surface area contributed by atoms with Crippen molar-refractivity contribution in [1.29, 1.82) is 0 Å². The van der Waals surface area contributed by atoms with Gasteiger partial charge >= 0.3 is 24.1 Å². The maximum atomic E-state index is 16.0. The molecule has 144 heavy (non-hydrogen) atoms. The fourth-order valence-corrected chi connectivity index (χ4v) is 17.6. The van der Waals surface area contributed by atoms with Crippen molar-refractivity contribution in [2.24, 2.45) is 94.5 Å². The van der Waals surface area contributed by atoms with Crippen LogP contribution < -0.4 is 154 Å². The molecule has 53 nitrogen and oxygen atoms in total. The largest absolute Gasteiger partial charge is 0.508 e. The van der Waals surface area contributed by atoms with Gasteiger partial charge in [0, 0.05) is 76.7 Å². The number of nitrogens with zero attached hydrogens (tertiary/aromatic N) is 5. The average molecular weight is 2050 g/mol. The Labute approximate surface area is 837 Å². The summed E-state index contributed by atoms with van der Waals surface area (Å²) < 4.78 is 0. The molecule has 790 valence electrons. The third-order valence-electron chi connectivity index (χ3n) is 22.7. The number of carboxylic acid groups (broad SMARTS) is 1. The molecule has 55 heteroatoms. The van der Waals surface area contributed by atoms with E-state index in [0.717, 1.165) is 4.90 Å². The van der Waals surface area contributed by atoms with Gasteiger partial charge in [-0.1, -0.05) is 82.3 Å². The van der Waals surface area contributed by atoms with E-state index in [2.05, 4.69) is 99.7 Å². The molecule has 4 aromatic carbocycles. The van der Waals surface area contributed by atoms with Crippen molar-refractivity contribution in [1.82, 2.24) is 84.7 Å². The molecular weight excluding hydrogens is 1920 g/mol. The molecule has 0 unspecified atom stereocenters. The van der Waals surface area contributed by atoms with Gasteiger partial charge in [0.1, 0.15) is 90.0 Å². The van der Waals surface area contributed by atoms with Gasteiger partial charge in [-0.25, -0.2) is 19.2 Å². The van der Waals surface area contributed by atoms with E-state index in [1.54, 1.807) is 36.4 Å². The molecule has 6 rings (SSSR count). The van der Waals surface area contributed by atoms with Gasteiger partial charge in [-0.3, -0.25) is 82.3 Å². The van der Waals surface area contributed by atoms with Crippen LogP contribution in [-0.2, 0) is 80.0 Å². The summed E-state index contributed by atoms with van der Waals surface area (Å²) in [5.74, 6) is -18.2. The number of benzene rings is 4. The van der Waals surface area contributed by atoms with E-state index in [1.165, 1.54) is 54.6 Å². The highest BCUT2D eigenvalue weighted by Gasteiger charge is 2.43. The Morgan fingerprint density at radius 3 is 1.32 bits per heavy atom. The zero-order valence-electron chi connectivity index (χ0n) is 79.7. The first-order valence-corrected chi connectivity index (χ1v) is 49.3. The van der Waals surface area contributed by atoms with Crippen molar-refractivity contribution in [2.45, 2.75) is 219 Å². The van der Waals surface area contributed by atoms with Crippen LogP contribution in [0.4, 0.5) is 14.4 Å². The van der Waals surface area contributed by atoms with Crippen LogP contribution in [0.25, 0.3) is 10.8 Å². The van der Waals surface area contributed by atoms with E-state index < -0.39 is 210 Å². The van der Waals surface area contributed by atoms with Crippen molar-refractivity contribution in [3.8, 4) is 11.5 Å². The lowest BCUT2D eigenvalue weighted by molar-refractivity contribution is -0.142. The Hall–Kier alpha value is -15.2. The normalized spacial score (nSPS) is 20.1. The fraction of sp³-hybridized carbons (Fsp3) is 0.517. The number of rotatable bonds is 46. The summed E-state index contributed by atoms with van der Waals surface area (Å²) in [6.07, 6.45) is -2.68. The first-order valence-electron chi connectivity index (χ1n) is 46.8. The molecule has 44 N–H and O–H groups in total. The highest BCUT2D eigenvalue weighted by atomic mass is 33.1. The molecule has 0 aromatic heterocycles. The molecule has 2 aliphatic rings. The van der Waals surface area contributed by atoms with Gasteiger partial charge in [-0.05, 0) is 186 Å². The molecule has 2 heterocycles. The Morgan fingerprint density at radius 2 is 0.840 bits per heavy atom. The molecule has 19 amide bonds. The van der Waals surface area contributed by atoms with E-state index in [1.807, 2.05) is 0 Å². The molecule has 0 saturated carbocycles. The summed E-state index contributed by atoms with van der Waals surface area (Å²) in [6, 6.07) is -4.19. The number of carbonyl (C=O) groups is 17. The Balaban J connectivity index is 1.63. The minimum Gasteiger partial charge on any atom is -0.508 e. The van der Waals surface area contributed by atoms with Gasteiger partial charge < -0.3 is 175 Å². The molecule has 2 aliphatic heterocycles. The average Bonchev–Trinajstić information content (AvgIpc) is 1.61. The molecule has 4 aromatic rings. The van der Waals surface area contributed by atoms with Crippen LogP contribution in [0.2, 0.25) is 0 Å². The SMILES string of the molecule is NCCCC[C@H]1NC(=O)[C@H](CCCN=C(N)N)NC(=O)[C@@H](Cc2ccc(O)cc2)NC(=O)[C@H](NC(=O)[C@@H](NC(=O)[C@H](CCCN=C(N)N)NC(=O)[C@@H](N)CCCN=C(N)N)c2ccc3ccccc3c2)CSSC[C@H](C(=O)N[C@@H](CCCN=C(N)N)C(=O)O)NC(=O)[C@H](CCCNC(N)=O)NC(=O)[C@H](CCCNC(N)=O)NC(=O)[C@H](Cc2ccc(O)cc2)NC(=O)[C@H]2CCCN2C(=O)[C@H](CCCNC(N)=O)NC1=O. The van der Waals surface area contributed by atoms with Crippen molar-refractivity contribution in [3.63, 3.8) is 0 Å². The third kappa shape index (κ3) is 43.1. The molecule has 0 aliphatic carbocycles. The third-order valence-corrected chi connectivity index (χ3v) is 25.1. The number of aromatic hydroxyl groups is 2. The van der Waals surface area contributed by atoms with Gasteiger partial charge in [-0.15, -0.1) is 0 Å². The van der Waals surface area contributed by atoms with E-state index in [0.29, 0.717) is 37.9 Å². The number of hydrogen-bond donors (Lipinski definition) is 31. The lowest BCUT2D eigenvalue weighted by Gasteiger charge is -2.31. The van der Waals surface area contributed by atoms with Gasteiger partial charge in [0.15, 0.2) is 23.8 Å². The predicted molar refractivity (Wildman–Crippen MR) is 538 cm³/mol. The quantitative estimate of drug-likeness (QED) is 0.00846. The van der Waals surface area contributed by atoms with Gasteiger partial charge in [0.05, 0.1) is 6.04 Å². The lowest BCUT2D eigenvalue weighted by atomic mass is 10.00. The minimum atomic E-state index is -1.94. The van der Waals surface area contributed by atoms with Crippen molar-refractivity contribution in [3.05, 3.63) is 108 Å². The fourth-order valence-electron chi connectivity index (χ4n) is 15.2. The number of phenols is 2. The maximum Gasteiger partial charge on any atom is 0.326 e. The van der Waals surface area contributed by atoms with E-state index in [9.17, 15) is 39.3 Å². The number of aliphatic imine (C=N–C) groups is 4. The zero-order chi connectivity index (χ0) is 106. The molecular formula is C89H137N33O20S2. The van der Waals surface area contributed by atoms with Crippen LogP contribution in [0.15, 0.2) is 111 Å². The van der Waals surface area contributed by atoms with E-state index >= 15 is 57.5 Å². The van der Waals surface area contributed by atoms with Crippen molar-refractivity contribution < 1.29 is 96.8 Å². The number of guanidine groups is 4. The van der Waals surface area contributed by atoms with E-state index in [4.69, 9.17) is 74.5 Å². The highest BCUT2D eigenvalue weighted by molar-refractivity contribution is 8.76. The number of amides is 19. The van der Waals surface area contributed by atoms with E-state index in [-0.39, 0.29) is 227 Å². The summed E-state index contributed by atoms with van der Waals surface area (Å²) in [5, 5.41) is 71.9. The second-order valence-electron chi connectivity index (χ2n) is 34.0. The van der Waals surface area contributed by atoms with Gasteiger partial charge in [0.2, 0.25) is 76.8 Å². The topological polar surface area (TPSA) is 922 Å². The summed E-state index contributed by atoms with van der Waals surface area (Å²) in [7, 11) is 1.43. The number of carboxylic acids is 1. The highest BCUT2D eigenvalue weighted by Crippen LogP contribution is 2.28. The number of primary amides is 3. The van der Waals surface area contributed by atoms with Crippen LogP contribution >= 0.6 is 21.6 Å². The standard InChI is InChI=1S/C89H137N33O20S2/c90-34-4-3-16-56-72(128)115-61(21-10-41-109-89(102)142)81(137)122-42-12-23-67(122)79(135)118-64(44-49-26-32-54(124)33-27-49)76(132)114-58(19-8-39-107-87(100)140)71(127)112-59(20-9-40-108-88(101)141)73(129)119-65(77(133)116-62(82(138)139)22-11-38-106-86(98)99)46-143-144-47-66(78(134)117-63(43-48-24-30-53(123)31-25-48)75(131)113-57(70(126)111-56)17-6-36-104-84(94)95)120-80(136)68(52-29-28-50-13-1-2-14-51(50)45-52)121-74(130)60(18-7-37-105-85(96)97)110-69(125)55(91)15-5-35-103-83(92)93/h1-2,13-14,24-33,45,55-68,123-124H,3-12,15-23,34-44,46-47,90-91H2,(H,110,125)(H,111,126)(H,112,127)(H,113,131)(H,114,132)(H,115,128)(H,116,133)(H,117,134)(H,118,135)(H,119,129)(H,120,136)(H,121,130)(H,138,139)(H4,92,93,103)(H4,94,95,104)(H4,96,97,105)(H4,98,99,106)(H3,100,107,140)(H3,101,108,141)(H3,102,109,142)/t55-,56+,57-,58-,59-,60-,61-,62-,63+,64-,65+,66+,67+,68-/m0/s1. The number of phenolic OH excluding ortho intramolecular Hbond substituents is 2. The Bertz CT molecular complexity index is 5130. The summed E-state index contributed by atoms with van der Waals surface area (Å²) in [5.41, 5.74) is 74.3. The van der Waals surface area contributed by atoms with Crippen LogP contribution in [0.1, 0.15) is 145 Å². The predicted octanol–water partition coefficient (Wildman–Crippen LogP) is -7.29. The molecule has 2 fully saturated rings. The number of nitrogens with one attached hydrogen (secondary N) is 15. The summed E-state index contributed by atoms with van der Waals surface area (Å²) in [6.45, 7) is -0.933. The number of carbonyl (C=O) groups excluding carboxylic acids is 16. The number of fused-ring (bicyclic) bond motifs is 2. The second kappa shape index (κ2) is 62.2. The van der Waals surface area contributed by atoms with Gasteiger partial charge in [0.25, 0.3) is 0 Å². The lowest BCUT2D eigenvalue weighted by Crippen LogP contribution is -2.61. The first kappa shape index (κ1) is 118. The van der Waals surface area contributed by atoms with Crippen LogP contribution in [0.5, 0.6) is 11.5 Å². The van der Waals surface area contributed by atoms with Crippen molar-refractivity contribution >= 4 is 157 Å². The van der Waals surface area contributed by atoms with Crippen molar-refractivity contribution in [2.75, 3.05) is 70.4 Å². The van der Waals surface area contributed by atoms with Crippen LogP contribution in [0.3, 0.4) is 0 Å². The summed E-state index contributed by atoms with van der Waals surface area (Å²) in [4.78, 5) is 266. The number of aliphatic carboxylic acids is 1.